The number of hydrogen-bond acceptors (Lipinski definition) is 5. The van der Waals surface area contributed by atoms with Gasteiger partial charge in [-0.2, -0.15) is 13.2 Å². The minimum atomic E-state index is -4.50. The summed E-state index contributed by atoms with van der Waals surface area (Å²) in [6, 6.07) is 15.2. The maximum absolute atomic E-state index is 14.2. The summed E-state index contributed by atoms with van der Waals surface area (Å²) in [6.45, 7) is 11.7. The predicted octanol–water partition coefficient (Wildman–Crippen LogP) is 6.61. The molecule has 0 radical (unpaired) electrons. The summed E-state index contributed by atoms with van der Waals surface area (Å²) in [5.74, 6) is 0.795. The molecule has 0 bridgehead atoms. The molecule has 1 aromatic heterocycles. The van der Waals surface area contributed by atoms with Crippen molar-refractivity contribution >= 4 is 24.7 Å². The molecule has 3 atom stereocenters. The first-order valence-corrected chi connectivity index (χ1v) is 17.3. The van der Waals surface area contributed by atoms with E-state index in [1.807, 2.05) is 30.3 Å². The molecular formula is C29H38F3N3O3Si. The van der Waals surface area contributed by atoms with Gasteiger partial charge in [-0.1, -0.05) is 43.9 Å². The van der Waals surface area contributed by atoms with Crippen LogP contribution in [-0.4, -0.2) is 62.6 Å². The highest BCUT2D eigenvalue weighted by Gasteiger charge is 2.38. The van der Waals surface area contributed by atoms with Gasteiger partial charge in [0.1, 0.15) is 24.8 Å². The van der Waals surface area contributed by atoms with E-state index < -0.39 is 19.9 Å². The summed E-state index contributed by atoms with van der Waals surface area (Å²) in [5.41, 5.74) is 1.45. The zero-order valence-electron chi connectivity index (χ0n) is 23.1. The van der Waals surface area contributed by atoms with Gasteiger partial charge < -0.3 is 24.1 Å². The Labute approximate surface area is 229 Å². The summed E-state index contributed by atoms with van der Waals surface area (Å²) >= 11 is 0. The Morgan fingerprint density at radius 2 is 1.90 bits per heavy atom. The van der Waals surface area contributed by atoms with Crippen LogP contribution in [0.15, 0.2) is 48.5 Å². The van der Waals surface area contributed by atoms with E-state index in [1.54, 1.807) is 12.1 Å². The second-order valence-corrected chi connectivity index (χ2v) is 17.4. The zero-order chi connectivity index (χ0) is 27.8. The van der Waals surface area contributed by atoms with Crippen LogP contribution in [0.1, 0.15) is 24.2 Å². The molecule has 0 amide bonds. The van der Waals surface area contributed by atoms with Crippen molar-refractivity contribution in [1.29, 1.82) is 0 Å². The minimum Gasteiger partial charge on any atom is -0.491 e. The molecule has 0 unspecified atom stereocenters. The number of rotatable bonds is 8. The van der Waals surface area contributed by atoms with E-state index in [9.17, 15) is 13.2 Å². The molecule has 5 rings (SSSR count). The van der Waals surface area contributed by atoms with Crippen LogP contribution in [0.4, 0.5) is 18.9 Å². The summed E-state index contributed by atoms with van der Waals surface area (Å²) < 4.78 is 61.5. The van der Waals surface area contributed by atoms with E-state index in [0.29, 0.717) is 36.4 Å². The van der Waals surface area contributed by atoms with Crippen molar-refractivity contribution in [2.75, 3.05) is 38.2 Å². The maximum atomic E-state index is 14.2. The lowest BCUT2D eigenvalue weighted by atomic mass is 9.94. The number of morpholine rings is 1. The summed E-state index contributed by atoms with van der Waals surface area (Å²) in [6.07, 6.45) is -4.40. The highest BCUT2D eigenvalue weighted by molar-refractivity contribution is 6.76. The highest BCUT2D eigenvalue weighted by atomic mass is 28.3. The van der Waals surface area contributed by atoms with Crippen LogP contribution in [0.2, 0.25) is 25.7 Å². The number of anilines is 1. The Balaban J connectivity index is 1.50. The molecule has 1 saturated heterocycles. The fourth-order valence-electron chi connectivity index (χ4n) is 5.47. The van der Waals surface area contributed by atoms with Crippen LogP contribution in [0.3, 0.4) is 0 Å². The molecule has 6 nitrogen and oxygen atoms in total. The van der Waals surface area contributed by atoms with E-state index in [1.165, 1.54) is 10.6 Å². The third-order valence-corrected chi connectivity index (χ3v) is 9.26. The molecule has 2 aliphatic heterocycles. The lowest BCUT2D eigenvalue weighted by Crippen LogP contribution is -2.54. The molecule has 0 aliphatic carbocycles. The number of nitrogens with one attached hydrogen (secondary N) is 1. The first-order valence-electron chi connectivity index (χ1n) is 13.6. The zero-order valence-corrected chi connectivity index (χ0v) is 24.1. The molecule has 3 heterocycles. The number of para-hydroxylation sites is 1. The quantitative estimate of drug-likeness (QED) is 0.248. The number of ether oxygens (including phenoxy) is 3. The summed E-state index contributed by atoms with van der Waals surface area (Å²) in [5, 5.41) is 4.17. The van der Waals surface area contributed by atoms with Gasteiger partial charge in [0.2, 0.25) is 0 Å². The van der Waals surface area contributed by atoms with Crippen LogP contribution in [-0.2, 0) is 22.4 Å². The largest absolute Gasteiger partial charge is 0.491 e. The van der Waals surface area contributed by atoms with E-state index in [0.717, 1.165) is 30.4 Å². The fourth-order valence-corrected chi connectivity index (χ4v) is 6.23. The normalized spacial score (nSPS) is 22.5. The van der Waals surface area contributed by atoms with Crippen molar-refractivity contribution in [3.05, 3.63) is 59.8 Å². The van der Waals surface area contributed by atoms with E-state index in [4.69, 9.17) is 14.2 Å². The van der Waals surface area contributed by atoms with Gasteiger partial charge in [-0.05, 0) is 37.2 Å². The maximum Gasteiger partial charge on any atom is 0.431 e. The molecular weight excluding hydrogens is 523 g/mol. The average Bonchev–Trinajstić information content (AvgIpc) is 3.26. The van der Waals surface area contributed by atoms with Crippen molar-refractivity contribution in [2.24, 2.45) is 0 Å². The van der Waals surface area contributed by atoms with Gasteiger partial charge in [0.25, 0.3) is 0 Å². The molecule has 39 heavy (non-hydrogen) atoms. The van der Waals surface area contributed by atoms with Crippen molar-refractivity contribution < 1.29 is 27.4 Å². The van der Waals surface area contributed by atoms with Gasteiger partial charge >= 0.3 is 6.18 Å². The van der Waals surface area contributed by atoms with Gasteiger partial charge in [-0.15, -0.1) is 0 Å². The molecule has 1 fully saturated rings. The summed E-state index contributed by atoms with van der Waals surface area (Å²) in [7, 11) is -1.36. The van der Waals surface area contributed by atoms with Gasteiger partial charge in [0, 0.05) is 44.4 Å². The smallest absolute Gasteiger partial charge is 0.431 e. The first-order chi connectivity index (χ1) is 18.5. The van der Waals surface area contributed by atoms with Gasteiger partial charge in [-0.25, -0.2) is 0 Å². The number of alkyl halides is 3. The SMILES string of the molecule is C[C@@H]1CN([C@H]2COc3ccccc3[C@@H]2Nc2cccc3c2cc(C(F)(F)F)n3COCC[Si](C)(C)C)CCO1. The van der Waals surface area contributed by atoms with Crippen molar-refractivity contribution in [3.8, 4) is 5.75 Å². The Morgan fingerprint density at radius 1 is 1.10 bits per heavy atom. The van der Waals surface area contributed by atoms with E-state index in [2.05, 4.69) is 36.8 Å². The molecule has 212 valence electrons. The lowest BCUT2D eigenvalue weighted by Gasteiger charge is -2.44. The second-order valence-electron chi connectivity index (χ2n) is 11.8. The molecule has 3 aromatic rings. The number of nitrogens with zero attached hydrogens (tertiary/aromatic N) is 2. The first kappa shape index (κ1) is 28.0. The molecule has 10 heteroatoms. The van der Waals surface area contributed by atoms with Crippen LogP contribution >= 0.6 is 0 Å². The van der Waals surface area contributed by atoms with Crippen LogP contribution in [0.5, 0.6) is 5.75 Å². The second kappa shape index (κ2) is 11.2. The van der Waals surface area contributed by atoms with E-state index >= 15 is 0 Å². The Hall–Kier alpha value is -2.53. The third-order valence-electron chi connectivity index (χ3n) is 7.55. The van der Waals surface area contributed by atoms with Gasteiger partial charge in [0.05, 0.1) is 30.3 Å². The van der Waals surface area contributed by atoms with Crippen molar-refractivity contribution in [3.63, 3.8) is 0 Å². The number of fused-ring (bicyclic) bond motifs is 2. The van der Waals surface area contributed by atoms with Crippen LogP contribution in [0.25, 0.3) is 10.9 Å². The number of hydrogen-bond donors (Lipinski definition) is 1. The topological polar surface area (TPSA) is 47.9 Å². The molecule has 0 spiro atoms. The predicted molar refractivity (Wildman–Crippen MR) is 150 cm³/mol. The Bertz CT molecular complexity index is 1290. The van der Waals surface area contributed by atoms with Gasteiger partial charge in [-0.3, -0.25) is 4.90 Å². The van der Waals surface area contributed by atoms with Crippen molar-refractivity contribution in [1.82, 2.24) is 9.47 Å². The van der Waals surface area contributed by atoms with Crippen LogP contribution in [0, 0.1) is 0 Å². The fraction of sp³-hybridized carbons (Fsp3) is 0.517. The molecule has 1 N–H and O–H groups in total. The number of benzene rings is 2. The molecule has 0 saturated carbocycles. The third kappa shape index (κ3) is 6.29. The lowest BCUT2D eigenvalue weighted by molar-refractivity contribution is -0.145. The summed E-state index contributed by atoms with van der Waals surface area (Å²) in [4.78, 5) is 2.36. The average molecular weight is 562 g/mol. The Kier molecular flexibility index (Phi) is 8.01. The highest BCUT2D eigenvalue weighted by Crippen LogP contribution is 2.41. The number of aromatic nitrogens is 1. The number of halogens is 3. The standard InChI is InChI=1S/C29H38F3N3O3Si/c1-20-17-34(12-13-37-20)25-18-38-26-11-6-5-8-21(26)28(25)33-23-9-7-10-24-22(23)16-27(29(30,31)32)35(24)19-36-14-15-39(2,3)4/h5-11,16,20,25,28,33H,12-15,17-19H2,1-4H3/t20-,25+,28+/m1/s1. The molecule has 2 aromatic carbocycles. The minimum absolute atomic E-state index is 0.00410. The Morgan fingerprint density at radius 3 is 2.64 bits per heavy atom. The van der Waals surface area contributed by atoms with Crippen molar-refractivity contribution in [2.45, 2.75) is 63.7 Å². The monoisotopic (exact) mass is 561 g/mol. The molecule has 2 aliphatic rings. The van der Waals surface area contributed by atoms with Gasteiger partial charge in [0.15, 0.2) is 0 Å². The van der Waals surface area contributed by atoms with Crippen LogP contribution < -0.4 is 10.1 Å². The van der Waals surface area contributed by atoms with E-state index in [-0.39, 0.29) is 24.9 Å².